The van der Waals surface area contributed by atoms with Gasteiger partial charge in [-0.2, -0.15) is 0 Å². The van der Waals surface area contributed by atoms with E-state index in [1.807, 2.05) is 0 Å². The van der Waals surface area contributed by atoms with E-state index in [1.165, 1.54) is 18.2 Å². The van der Waals surface area contributed by atoms with Crippen LogP contribution in [-0.4, -0.2) is 42.8 Å². The topological polar surface area (TPSA) is 84.9 Å². The van der Waals surface area contributed by atoms with E-state index in [4.69, 9.17) is 14.6 Å². The molecule has 1 fully saturated rings. The van der Waals surface area contributed by atoms with Gasteiger partial charge in [0.2, 0.25) is 0 Å². The number of carboxylic acids is 1. The fourth-order valence-corrected chi connectivity index (χ4v) is 1.89. The van der Waals surface area contributed by atoms with Gasteiger partial charge in [0.15, 0.2) is 18.2 Å². The summed E-state index contributed by atoms with van der Waals surface area (Å²) in [6.07, 6.45) is 0. The molecule has 0 aromatic heterocycles. The van der Waals surface area contributed by atoms with E-state index in [0.717, 1.165) is 0 Å². The van der Waals surface area contributed by atoms with Gasteiger partial charge in [-0.15, -0.1) is 0 Å². The fraction of sp³-hybridized carbons (Fsp3) is 0.385. The summed E-state index contributed by atoms with van der Waals surface area (Å²) in [4.78, 5) is 22.6. The molecule has 1 aliphatic heterocycles. The summed E-state index contributed by atoms with van der Waals surface area (Å²) >= 11 is 0. The standard InChI is InChI=1S/C13H14FNO5/c14-9-3-1-2-4-11(9)20-7-12(16)15-10-6-19-5-8(10)13(17)18/h1-4,8,10H,5-7H2,(H,15,16)(H,17,18). The van der Waals surface area contributed by atoms with Crippen LogP contribution in [0.2, 0.25) is 0 Å². The van der Waals surface area contributed by atoms with Crippen molar-refractivity contribution in [3.63, 3.8) is 0 Å². The van der Waals surface area contributed by atoms with Crippen LogP contribution in [0.3, 0.4) is 0 Å². The molecule has 7 heteroatoms. The van der Waals surface area contributed by atoms with Gasteiger partial charge >= 0.3 is 5.97 Å². The summed E-state index contributed by atoms with van der Waals surface area (Å²) in [5.41, 5.74) is 0. The highest BCUT2D eigenvalue weighted by Crippen LogP contribution is 2.16. The number of benzene rings is 1. The molecular weight excluding hydrogens is 269 g/mol. The fourth-order valence-electron chi connectivity index (χ4n) is 1.89. The second kappa shape index (κ2) is 6.33. The first-order valence-electron chi connectivity index (χ1n) is 6.05. The molecule has 108 valence electrons. The molecule has 2 unspecified atom stereocenters. The molecule has 1 amide bonds. The largest absolute Gasteiger partial charge is 0.481 e. The maximum Gasteiger partial charge on any atom is 0.311 e. The average molecular weight is 283 g/mol. The monoisotopic (exact) mass is 283 g/mol. The molecule has 1 heterocycles. The van der Waals surface area contributed by atoms with Crippen LogP contribution >= 0.6 is 0 Å². The molecule has 1 aromatic carbocycles. The van der Waals surface area contributed by atoms with Gasteiger partial charge in [0.1, 0.15) is 5.92 Å². The second-order valence-corrected chi connectivity index (χ2v) is 4.38. The number of ether oxygens (including phenoxy) is 2. The van der Waals surface area contributed by atoms with E-state index >= 15 is 0 Å². The molecular formula is C13H14FNO5. The molecule has 1 saturated heterocycles. The van der Waals surface area contributed by atoms with Gasteiger partial charge in [0, 0.05) is 0 Å². The van der Waals surface area contributed by atoms with Gasteiger partial charge in [0.05, 0.1) is 19.3 Å². The Morgan fingerprint density at radius 1 is 1.40 bits per heavy atom. The molecule has 0 bridgehead atoms. The number of hydrogen-bond acceptors (Lipinski definition) is 4. The number of hydrogen-bond donors (Lipinski definition) is 2. The lowest BCUT2D eigenvalue weighted by atomic mass is 10.0. The Kier molecular flexibility index (Phi) is 4.52. The molecule has 0 radical (unpaired) electrons. The molecule has 20 heavy (non-hydrogen) atoms. The predicted octanol–water partition coefficient (Wildman–Crippen LogP) is 0.420. The van der Waals surface area contributed by atoms with E-state index in [0.29, 0.717) is 0 Å². The third-order valence-corrected chi connectivity index (χ3v) is 2.94. The summed E-state index contributed by atoms with van der Waals surface area (Å²) in [5, 5.41) is 11.4. The van der Waals surface area contributed by atoms with Crippen molar-refractivity contribution >= 4 is 11.9 Å². The van der Waals surface area contributed by atoms with Crippen LogP contribution in [0.5, 0.6) is 5.75 Å². The predicted molar refractivity (Wildman–Crippen MR) is 65.8 cm³/mol. The minimum absolute atomic E-state index is 0.0277. The number of carbonyl (C=O) groups excluding carboxylic acids is 1. The van der Waals surface area contributed by atoms with Gasteiger partial charge in [0.25, 0.3) is 5.91 Å². The first-order valence-corrected chi connectivity index (χ1v) is 6.05. The van der Waals surface area contributed by atoms with Crippen molar-refractivity contribution in [2.24, 2.45) is 5.92 Å². The molecule has 0 saturated carbocycles. The lowest BCUT2D eigenvalue weighted by molar-refractivity contribution is -0.142. The summed E-state index contributed by atoms with van der Waals surface area (Å²) in [5.74, 6) is -2.90. The van der Waals surface area contributed by atoms with Crippen LogP contribution in [0, 0.1) is 11.7 Å². The Balaban J connectivity index is 1.84. The van der Waals surface area contributed by atoms with Crippen LogP contribution in [0.25, 0.3) is 0 Å². The van der Waals surface area contributed by atoms with E-state index in [-0.39, 0.29) is 25.6 Å². The number of nitrogens with one attached hydrogen (secondary N) is 1. The number of para-hydroxylation sites is 1. The highest BCUT2D eigenvalue weighted by Gasteiger charge is 2.35. The quantitative estimate of drug-likeness (QED) is 0.818. The minimum atomic E-state index is -1.03. The number of carboxylic acid groups (broad SMARTS) is 1. The van der Waals surface area contributed by atoms with Crippen molar-refractivity contribution in [1.82, 2.24) is 5.32 Å². The Labute approximate surface area is 114 Å². The third-order valence-electron chi connectivity index (χ3n) is 2.94. The molecule has 0 spiro atoms. The number of rotatable bonds is 5. The van der Waals surface area contributed by atoms with Crippen molar-refractivity contribution < 1.29 is 28.6 Å². The Hall–Kier alpha value is -2.15. The van der Waals surface area contributed by atoms with Crippen molar-refractivity contribution in [3.8, 4) is 5.75 Å². The van der Waals surface area contributed by atoms with E-state index in [1.54, 1.807) is 6.07 Å². The molecule has 2 rings (SSSR count). The van der Waals surface area contributed by atoms with Crippen LogP contribution in [0.4, 0.5) is 4.39 Å². The van der Waals surface area contributed by atoms with Gasteiger partial charge in [-0.05, 0) is 12.1 Å². The van der Waals surface area contributed by atoms with Crippen LogP contribution < -0.4 is 10.1 Å². The highest BCUT2D eigenvalue weighted by molar-refractivity contribution is 5.79. The Morgan fingerprint density at radius 2 is 2.15 bits per heavy atom. The highest BCUT2D eigenvalue weighted by atomic mass is 19.1. The number of halogens is 1. The van der Waals surface area contributed by atoms with Crippen LogP contribution in [0.1, 0.15) is 0 Å². The van der Waals surface area contributed by atoms with Gasteiger partial charge in [-0.1, -0.05) is 12.1 Å². The smallest absolute Gasteiger partial charge is 0.311 e. The minimum Gasteiger partial charge on any atom is -0.481 e. The van der Waals surface area contributed by atoms with Crippen molar-refractivity contribution in [2.45, 2.75) is 6.04 Å². The van der Waals surface area contributed by atoms with Gasteiger partial charge in [-0.25, -0.2) is 4.39 Å². The Morgan fingerprint density at radius 3 is 2.85 bits per heavy atom. The van der Waals surface area contributed by atoms with E-state index in [9.17, 15) is 14.0 Å². The average Bonchev–Trinajstić information content (AvgIpc) is 2.86. The van der Waals surface area contributed by atoms with Gasteiger partial charge < -0.3 is 19.9 Å². The summed E-state index contributed by atoms with van der Waals surface area (Å²) in [7, 11) is 0. The molecule has 2 N–H and O–H groups in total. The number of amides is 1. The first kappa shape index (κ1) is 14.3. The lowest BCUT2D eigenvalue weighted by Crippen LogP contribution is -2.44. The zero-order valence-corrected chi connectivity index (χ0v) is 10.5. The Bertz CT molecular complexity index is 507. The van der Waals surface area contributed by atoms with Crippen LogP contribution in [-0.2, 0) is 14.3 Å². The van der Waals surface area contributed by atoms with E-state index < -0.39 is 29.7 Å². The summed E-state index contributed by atoms with van der Waals surface area (Å²) < 4.78 is 23.3. The number of aliphatic carboxylic acids is 1. The van der Waals surface area contributed by atoms with Crippen molar-refractivity contribution in [1.29, 1.82) is 0 Å². The van der Waals surface area contributed by atoms with Gasteiger partial charge in [-0.3, -0.25) is 9.59 Å². The molecule has 2 atom stereocenters. The SMILES string of the molecule is O=C(COc1ccccc1F)NC1COCC1C(=O)O. The molecule has 6 nitrogen and oxygen atoms in total. The second-order valence-electron chi connectivity index (χ2n) is 4.38. The first-order chi connectivity index (χ1) is 9.58. The normalized spacial score (nSPS) is 21.4. The maximum atomic E-state index is 13.3. The lowest BCUT2D eigenvalue weighted by Gasteiger charge is -2.15. The molecule has 1 aromatic rings. The zero-order valence-electron chi connectivity index (χ0n) is 10.5. The van der Waals surface area contributed by atoms with Crippen molar-refractivity contribution in [3.05, 3.63) is 30.1 Å². The molecule has 1 aliphatic rings. The maximum absolute atomic E-state index is 13.3. The van der Waals surface area contributed by atoms with E-state index in [2.05, 4.69) is 5.32 Å². The third kappa shape index (κ3) is 3.45. The molecule has 0 aliphatic carbocycles. The summed E-state index contributed by atoms with van der Waals surface area (Å²) in [6.45, 7) is -0.180. The van der Waals surface area contributed by atoms with Crippen molar-refractivity contribution in [2.75, 3.05) is 19.8 Å². The summed E-state index contributed by atoms with van der Waals surface area (Å²) in [6, 6.07) is 5.13. The zero-order chi connectivity index (χ0) is 14.5. The van der Waals surface area contributed by atoms with Crippen LogP contribution in [0.15, 0.2) is 24.3 Å². The number of carbonyl (C=O) groups is 2.